The first-order chi connectivity index (χ1) is 31.5. The van der Waals surface area contributed by atoms with Crippen molar-refractivity contribution in [3.05, 3.63) is 0 Å². The minimum atomic E-state index is -0.761. The lowest BCUT2D eigenvalue weighted by atomic mass is 10.0. The Morgan fingerprint density at radius 1 is 0.250 bits per heavy atom. The predicted molar refractivity (Wildman–Crippen MR) is 275 cm³/mol. The summed E-state index contributed by atoms with van der Waals surface area (Å²) in [5.74, 6) is -0.831. The van der Waals surface area contributed by atoms with Gasteiger partial charge in [-0.05, 0) is 19.3 Å². The molecule has 0 N–H and O–H groups in total. The van der Waals surface area contributed by atoms with Gasteiger partial charge in [0, 0.05) is 19.3 Å². The van der Waals surface area contributed by atoms with E-state index in [1.807, 2.05) is 0 Å². The Morgan fingerprint density at radius 2 is 0.422 bits per heavy atom. The normalized spacial score (nSPS) is 11.9. The summed E-state index contributed by atoms with van der Waals surface area (Å²) in [5.41, 5.74) is 0. The SMILES string of the molecule is CCCCCCCCCCCCCCCCCCC(=O)OCC(COC(=O)CCCCCCCCCCCCCCCC)OC(=O)CCCCCCCCCCCCCCCCCC. The molecule has 0 aromatic rings. The zero-order valence-corrected chi connectivity index (χ0v) is 43.6. The van der Waals surface area contributed by atoms with Gasteiger partial charge in [-0.1, -0.05) is 297 Å². The summed E-state index contributed by atoms with van der Waals surface area (Å²) in [6.45, 7) is 6.71. The Morgan fingerprint density at radius 3 is 0.625 bits per heavy atom. The Labute approximate surface area is 399 Å². The summed E-state index contributed by atoms with van der Waals surface area (Å²) in [7, 11) is 0. The predicted octanol–water partition coefficient (Wildman–Crippen LogP) is 19.2. The molecular weight excluding hydrogens is 793 g/mol. The first kappa shape index (κ1) is 62.4. The molecule has 0 heterocycles. The van der Waals surface area contributed by atoms with Crippen LogP contribution in [0.5, 0.6) is 0 Å². The largest absolute Gasteiger partial charge is 0.462 e. The molecule has 0 aliphatic rings. The minimum absolute atomic E-state index is 0.0610. The fraction of sp³-hybridized carbons (Fsp3) is 0.948. The van der Waals surface area contributed by atoms with Crippen molar-refractivity contribution in [1.82, 2.24) is 0 Å². The smallest absolute Gasteiger partial charge is 0.306 e. The van der Waals surface area contributed by atoms with Crippen LogP contribution in [0.2, 0.25) is 0 Å². The molecule has 0 aromatic heterocycles. The number of hydrogen-bond donors (Lipinski definition) is 0. The molecule has 0 saturated heterocycles. The van der Waals surface area contributed by atoms with Gasteiger partial charge < -0.3 is 14.2 Å². The van der Waals surface area contributed by atoms with E-state index < -0.39 is 6.10 Å². The first-order valence-corrected chi connectivity index (χ1v) is 29.0. The minimum Gasteiger partial charge on any atom is -0.462 e. The molecule has 380 valence electrons. The third kappa shape index (κ3) is 51.4. The van der Waals surface area contributed by atoms with Gasteiger partial charge in [0.1, 0.15) is 13.2 Å². The van der Waals surface area contributed by atoms with Gasteiger partial charge >= 0.3 is 17.9 Å². The van der Waals surface area contributed by atoms with Crippen LogP contribution >= 0.6 is 0 Å². The zero-order chi connectivity index (χ0) is 46.5. The monoisotopic (exact) mass is 905 g/mol. The summed E-state index contributed by atoms with van der Waals surface area (Å²) in [5, 5.41) is 0. The summed E-state index contributed by atoms with van der Waals surface area (Å²) in [6.07, 6.45) is 59.4. The highest BCUT2D eigenvalue weighted by molar-refractivity contribution is 5.71. The van der Waals surface area contributed by atoms with Crippen LogP contribution in [0.4, 0.5) is 0 Å². The molecule has 0 bridgehead atoms. The van der Waals surface area contributed by atoms with Crippen LogP contribution in [0.1, 0.15) is 335 Å². The van der Waals surface area contributed by atoms with E-state index in [1.165, 1.54) is 238 Å². The van der Waals surface area contributed by atoms with Crippen molar-refractivity contribution in [3.8, 4) is 0 Å². The summed E-state index contributed by atoms with van der Waals surface area (Å²) < 4.78 is 16.9. The van der Waals surface area contributed by atoms with Gasteiger partial charge in [0.25, 0.3) is 0 Å². The molecule has 0 radical (unpaired) electrons. The molecule has 0 aromatic carbocycles. The zero-order valence-electron chi connectivity index (χ0n) is 43.6. The van der Waals surface area contributed by atoms with E-state index >= 15 is 0 Å². The Bertz CT molecular complexity index is 951. The summed E-state index contributed by atoms with van der Waals surface area (Å²) in [4.78, 5) is 38.1. The van der Waals surface area contributed by atoms with Crippen LogP contribution < -0.4 is 0 Å². The van der Waals surface area contributed by atoms with Gasteiger partial charge in [0.2, 0.25) is 0 Å². The van der Waals surface area contributed by atoms with Crippen LogP contribution in [-0.4, -0.2) is 37.2 Å². The average molecular weight is 906 g/mol. The van der Waals surface area contributed by atoms with Crippen LogP contribution in [0.15, 0.2) is 0 Å². The molecule has 64 heavy (non-hydrogen) atoms. The van der Waals surface area contributed by atoms with E-state index in [9.17, 15) is 14.4 Å². The van der Waals surface area contributed by atoms with E-state index in [0.717, 1.165) is 57.8 Å². The lowest BCUT2D eigenvalue weighted by Crippen LogP contribution is -2.30. The fourth-order valence-corrected chi connectivity index (χ4v) is 8.98. The number of carbonyl (C=O) groups is 3. The fourth-order valence-electron chi connectivity index (χ4n) is 8.98. The number of ether oxygens (including phenoxy) is 3. The molecule has 0 aliphatic carbocycles. The highest BCUT2D eigenvalue weighted by atomic mass is 16.6. The van der Waals surface area contributed by atoms with Crippen molar-refractivity contribution < 1.29 is 28.6 Å². The number of hydrogen-bond acceptors (Lipinski definition) is 6. The van der Waals surface area contributed by atoms with Crippen molar-refractivity contribution in [2.75, 3.05) is 13.2 Å². The average Bonchev–Trinajstić information content (AvgIpc) is 3.29. The number of unbranched alkanes of at least 4 members (excludes halogenated alkanes) is 43. The van der Waals surface area contributed by atoms with Crippen molar-refractivity contribution >= 4 is 17.9 Å². The van der Waals surface area contributed by atoms with Crippen molar-refractivity contribution in [2.24, 2.45) is 0 Å². The van der Waals surface area contributed by atoms with Crippen molar-refractivity contribution in [2.45, 2.75) is 341 Å². The molecule has 0 amide bonds. The lowest BCUT2D eigenvalue weighted by molar-refractivity contribution is -0.167. The summed E-state index contributed by atoms with van der Waals surface area (Å²) >= 11 is 0. The molecule has 6 heteroatoms. The van der Waals surface area contributed by atoms with E-state index in [0.29, 0.717) is 19.3 Å². The number of rotatable bonds is 54. The first-order valence-electron chi connectivity index (χ1n) is 29.0. The highest BCUT2D eigenvalue weighted by Crippen LogP contribution is 2.18. The quantitative estimate of drug-likeness (QED) is 0.0344. The van der Waals surface area contributed by atoms with Gasteiger partial charge in [-0.25, -0.2) is 0 Å². The van der Waals surface area contributed by atoms with Crippen LogP contribution in [0.3, 0.4) is 0 Å². The highest BCUT2D eigenvalue weighted by Gasteiger charge is 2.19. The van der Waals surface area contributed by atoms with E-state index in [2.05, 4.69) is 20.8 Å². The van der Waals surface area contributed by atoms with Crippen LogP contribution in [0, 0.1) is 0 Å². The Balaban J connectivity index is 4.29. The van der Waals surface area contributed by atoms with Gasteiger partial charge in [0.15, 0.2) is 6.10 Å². The van der Waals surface area contributed by atoms with Gasteiger partial charge in [-0.15, -0.1) is 0 Å². The second-order valence-corrected chi connectivity index (χ2v) is 19.9. The van der Waals surface area contributed by atoms with Gasteiger partial charge in [-0.2, -0.15) is 0 Å². The van der Waals surface area contributed by atoms with Crippen LogP contribution in [-0.2, 0) is 28.6 Å². The molecule has 0 saturated carbocycles. The van der Waals surface area contributed by atoms with E-state index in [1.54, 1.807) is 0 Å². The maximum absolute atomic E-state index is 12.8. The van der Waals surface area contributed by atoms with Crippen molar-refractivity contribution in [1.29, 1.82) is 0 Å². The molecule has 0 fully saturated rings. The van der Waals surface area contributed by atoms with Gasteiger partial charge in [0.05, 0.1) is 0 Å². The third-order valence-corrected chi connectivity index (χ3v) is 13.4. The van der Waals surface area contributed by atoms with E-state index in [4.69, 9.17) is 14.2 Å². The van der Waals surface area contributed by atoms with Crippen LogP contribution in [0.25, 0.3) is 0 Å². The molecule has 0 rings (SSSR count). The maximum atomic E-state index is 12.8. The summed E-state index contributed by atoms with van der Waals surface area (Å²) in [6, 6.07) is 0. The molecular formula is C58H112O6. The number of esters is 3. The standard InChI is InChI=1S/C58H112O6/c1-4-7-10-13-16-19-22-25-28-30-33-36-39-42-45-48-51-57(60)63-54-55(53-62-56(59)50-47-44-41-38-35-32-27-24-21-18-15-12-9-6-3)64-58(61)52-49-46-43-40-37-34-31-29-26-23-20-17-14-11-8-5-2/h55H,4-54H2,1-3H3. The van der Waals surface area contributed by atoms with Gasteiger partial charge in [-0.3, -0.25) is 14.4 Å². The molecule has 1 atom stereocenters. The maximum Gasteiger partial charge on any atom is 0.306 e. The third-order valence-electron chi connectivity index (χ3n) is 13.4. The second kappa shape index (κ2) is 54.0. The topological polar surface area (TPSA) is 78.9 Å². The number of carbonyl (C=O) groups excluding carboxylic acids is 3. The lowest BCUT2D eigenvalue weighted by Gasteiger charge is -2.18. The molecule has 6 nitrogen and oxygen atoms in total. The Kier molecular flexibility index (Phi) is 52.7. The molecule has 1 unspecified atom stereocenters. The second-order valence-electron chi connectivity index (χ2n) is 19.9. The van der Waals surface area contributed by atoms with Crippen molar-refractivity contribution in [3.63, 3.8) is 0 Å². The molecule has 0 aliphatic heterocycles. The van der Waals surface area contributed by atoms with E-state index in [-0.39, 0.29) is 31.1 Å². The Hall–Kier alpha value is -1.59. The molecule has 0 spiro atoms.